The summed E-state index contributed by atoms with van der Waals surface area (Å²) in [7, 11) is 0. The molecule has 116 valence electrons. The van der Waals surface area contributed by atoms with Gasteiger partial charge >= 0.3 is 0 Å². The van der Waals surface area contributed by atoms with Crippen LogP contribution in [-0.4, -0.2) is 21.1 Å². The fraction of sp³-hybridized carbons (Fsp3) is 0.0625. The average Bonchev–Trinajstić information content (AvgIpc) is 2.89. The second-order valence-electron chi connectivity index (χ2n) is 4.94. The molecule has 0 atom stereocenters. The molecular formula is C16H12BrFN4S. The van der Waals surface area contributed by atoms with Crippen molar-refractivity contribution in [1.29, 1.82) is 0 Å². The molecule has 0 aliphatic heterocycles. The monoisotopic (exact) mass is 390 g/mol. The Morgan fingerprint density at radius 2 is 2.13 bits per heavy atom. The Hall–Kier alpha value is -2.12. The maximum absolute atomic E-state index is 13.8. The van der Waals surface area contributed by atoms with Gasteiger partial charge in [-0.1, -0.05) is 39.7 Å². The molecule has 0 radical (unpaired) electrons. The maximum Gasteiger partial charge on any atom is 0.216 e. The predicted molar refractivity (Wildman–Crippen MR) is 94.7 cm³/mol. The smallest absolute Gasteiger partial charge is 0.216 e. The number of aromatic amines is 1. The van der Waals surface area contributed by atoms with Gasteiger partial charge in [0, 0.05) is 15.6 Å². The van der Waals surface area contributed by atoms with Gasteiger partial charge in [0.1, 0.15) is 5.82 Å². The zero-order valence-electron chi connectivity index (χ0n) is 12.1. The van der Waals surface area contributed by atoms with Crippen molar-refractivity contribution in [2.24, 2.45) is 5.10 Å². The van der Waals surface area contributed by atoms with Crippen LogP contribution in [0.5, 0.6) is 0 Å². The second kappa shape index (κ2) is 6.55. The highest BCUT2D eigenvalue weighted by atomic mass is 79.9. The summed E-state index contributed by atoms with van der Waals surface area (Å²) in [6.07, 6.45) is 1.42. The molecule has 0 bridgehead atoms. The van der Waals surface area contributed by atoms with Crippen molar-refractivity contribution >= 4 is 34.4 Å². The normalized spacial score (nSPS) is 11.3. The zero-order chi connectivity index (χ0) is 16.4. The van der Waals surface area contributed by atoms with Gasteiger partial charge < -0.3 is 0 Å². The molecule has 23 heavy (non-hydrogen) atoms. The molecule has 0 fully saturated rings. The minimum Gasteiger partial charge on any atom is -0.250 e. The number of benzene rings is 2. The van der Waals surface area contributed by atoms with Crippen LogP contribution in [0.15, 0.2) is 52.0 Å². The van der Waals surface area contributed by atoms with Crippen molar-refractivity contribution in [2.75, 3.05) is 0 Å². The van der Waals surface area contributed by atoms with Crippen LogP contribution >= 0.6 is 28.1 Å². The molecule has 0 aliphatic rings. The highest BCUT2D eigenvalue weighted by Crippen LogP contribution is 2.19. The molecule has 1 N–H and O–H groups in total. The van der Waals surface area contributed by atoms with Crippen LogP contribution in [0, 0.1) is 17.5 Å². The first-order valence-corrected chi connectivity index (χ1v) is 7.98. The first-order valence-electron chi connectivity index (χ1n) is 6.78. The third kappa shape index (κ3) is 3.46. The van der Waals surface area contributed by atoms with Gasteiger partial charge in [-0.25, -0.2) is 9.49 Å². The number of nitrogens with one attached hydrogen (secondary N) is 1. The Morgan fingerprint density at radius 3 is 2.91 bits per heavy atom. The van der Waals surface area contributed by atoms with Gasteiger partial charge in [0.05, 0.1) is 6.21 Å². The Balaban J connectivity index is 2.04. The molecule has 0 amide bonds. The van der Waals surface area contributed by atoms with Crippen LogP contribution in [0.25, 0.3) is 11.4 Å². The number of aryl methyl sites for hydroxylation is 1. The molecule has 1 aromatic heterocycles. The van der Waals surface area contributed by atoms with Crippen molar-refractivity contribution in [3.05, 3.63) is 68.7 Å². The minimum absolute atomic E-state index is 0.341. The molecule has 7 heteroatoms. The summed E-state index contributed by atoms with van der Waals surface area (Å²) in [6, 6.07) is 12.5. The summed E-state index contributed by atoms with van der Waals surface area (Å²) in [5, 5.41) is 11.2. The summed E-state index contributed by atoms with van der Waals surface area (Å²) in [6.45, 7) is 2.00. The van der Waals surface area contributed by atoms with Crippen molar-refractivity contribution in [2.45, 2.75) is 6.92 Å². The zero-order valence-corrected chi connectivity index (χ0v) is 14.5. The number of hydrogen-bond acceptors (Lipinski definition) is 3. The third-order valence-electron chi connectivity index (χ3n) is 3.20. The average molecular weight is 391 g/mol. The summed E-state index contributed by atoms with van der Waals surface area (Å²) >= 11 is 8.52. The van der Waals surface area contributed by atoms with E-state index in [4.69, 9.17) is 12.2 Å². The standard InChI is InChI=1S/C16H12BrFN4S/c1-10-3-2-4-11(7-10)15-20-21-16(23)22(15)19-9-12-8-13(17)5-6-14(12)18/h2-9H,1H3,(H,21,23). The van der Waals surface area contributed by atoms with Gasteiger partial charge in [-0.2, -0.15) is 14.9 Å². The second-order valence-corrected chi connectivity index (χ2v) is 6.25. The fourth-order valence-corrected chi connectivity index (χ4v) is 2.66. The van der Waals surface area contributed by atoms with Crippen LogP contribution in [0.4, 0.5) is 4.39 Å². The molecule has 0 aliphatic carbocycles. The Kier molecular flexibility index (Phi) is 4.49. The Morgan fingerprint density at radius 1 is 1.30 bits per heavy atom. The molecule has 2 aromatic carbocycles. The van der Waals surface area contributed by atoms with E-state index in [2.05, 4.69) is 31.2 Å². The maximum atomic E-state index is 13.8. The van der Waals surface area contributed by atoms with Gasteiger partial charge in [0.15, 0.2) is 5.82 Å². The molecular weight excluding hydrogens is 379 g/mol. The van der Waals surface area contributed by atoms with Crippen LogP contribution in [0.1, 0.15) is 11.1 Å². The van der Waals surface area contributed by atoms with Crippen molar-refractivity contribution < 1.29 is 4.39 Å². The quantitative estimate of drug-likeness (QED) is 0.520. The lowest BCUT2D eigenvalue weighted by Gasteiger charge is -2.02. The topological polar surface area (TPSA) is 46.0 Å². The van der Waals surface area contributed by atoms with Gasteiger partial charge in [0.2, 0.25) is 4.77 Å². The van der Waals surface area contributed by atoms with Crippen LogP contribution in [-0.2, 0) is 0 Å². The number of hydrogen-bond donors (Lipinski definition) is 1. The van der Waals surface area contributed by atoms with Crippen molar-refractivity contribution in [3.63, 3.8) is 0 Å². The van der Waals surface area contributed by atoms with E-state index in [1.165, 1.54) is 17.0 Å². The number of halogens is 2. The summed E-state index contributed by atoms with van der Waals surface area (Å²) < 4.78 is 16.4. The van der Waals surface area contributed by atoms with Crippen molar-refractivity contribution in [3.8, 4) is 11.4 Å². The van der Waals surface area contributed by atoms with E-state index in [0.717, 1.165) is 15.6 Å². The lowest BCUT2D eigenvalue weighted by Crippen LogP contribution is -1.96. The van der Waals surface area contributed by atoms with E-state index in [9.17, 15) is 4.39 Å². The van der Waals surface area contributed by atoms with Gasteiger partial charge in [-0.3, -0.25) is 0 Å². The lowest BCUT2D eigenvalue weighted by atomic mass is 10.1. The SMILES string of the molecule is Cc1cccc(-c2n[nH]c(=S)n2N=Cc2cc(Br)ccc2F)c1. The molecule has 0 saturated heterocycles. The molecule has 0 saturated carbocycles. The van der Waals surface area contributed by atoms with Gasteiger partial charge in [-0.15, -0.1) is 0 Å². The third-order valence-corrected chi connectivity index (χ3v) is 3.95. The van der Waals surface area contributed by atoms with Crippen LogP contribution < -0.4 is 0 Å². The van der Waals surface area contributed by atoms with Gasteiger partial charge in [-0.05, 0) is 43.4 Å². The number of aromatic nitrogens is 3. The highest BCUT2D eigenvalue weighted by molar-refractivity contribution is 9.10. The molecule has 3 aromatic rings. The summed E-state index contributed by atoms with van der Waals surface area (Å²) in [4.78, 5) is 0. The highest BCUT2D eigenvalue weighted by Gasteiger charge is 2.08. The molecule has 4 nitrogen and oxygen atoms in total. The van der Waals surface area contributed by atoms with Gasteiger partial charge in [0.25, 0.3) is 0 Å². The molecule has 0 unspecified atom stereocenters. The fourth-order valence-electron chi connectivity index (χ4n) is 2.10. The number of rotatable bonds is 3. The first-order chi connectivity index (χ1) is 11.0. The molecule has 0 spiro atoms. The van der Waals surface area contributed by atoms with E-state index in [-0.39, 0.29) is 5.82 Å². The predicted octanol–water partition coefficient (Wildman–Crippen LogP) is 4.70. The summed E-state index contributed by atoms with van der Waals surface area (Å²) in [5.41, 5.74) is 2.34. The lowest BCUT2D eigenvalue weighted by molar-refractivity contribution is 0.625. The molecule has 1 heterocycles. The number of nitrogens with zero attached hydrogens (tertiary/aromatic N) is 3. The Labute approximate surface area is 145 Å². The van der Waals surface area contributed by atoms with Crippen molar-refractivity contribution in [1.82, 2.24) is 14.9 Å². The van der Waals surface area contributed by atoms with E-state index >= 15 is 0 Å². The first kappa shape index (κ1) is 15.8. The number of H-pyrrole nitrogens is 1. The van der Waals surface area contributed by atoms with E-state index in [0.29, 0.717) is 16.2 Å². The Bertz CT molecular complexity index is 945. The molecule has 3 rings (SSSR count). The largest absolute Gasteiger partial charge is 0.250 e. The van der Waals surface area contributed by atoms with Crippen LogP contribution in [0.2, 0.25) is 0 Å². The van der Waals surface area contributed by atoms with E-state index < -0.39 is 0 Å². The van der Waals surface area contributed by atoms with E-state index in [1.807, 2.05) is 31.2 Å². The van der Waals surface area contributed by atoms with Crippen LogP contribution in [0.3, 0.4) is 0 Å². The minimum atomic E-state index is -0.357. The van der Waals surface area contributed by atoms with E-state index in [1.54, 1.807) is 12.1 Å². The summed E-state index contributed by atoms with van der Waals surface area (Å²) in [5.74, 6) is 0.217.